The number of carbonyl (C=O) groups excluding carboxylic acids is 2. The van der Waals surface area contributed by atoms with Crippen molar-refractivity contribution >= 4 is 23.2 Å². The molecule has 0 atom stereocenters. The molecule has 2 aromatic rings. The third-order valence-electron chi connectivity index (χ3n) is 5.67. The molecular weight excluding hydrogens is 362 g/mol. The highest BCUT2D eigenvalue weighted by Crippen LogP contribution is 2.30. The van der Waals surface area contributed by atoms with Gasteiger partial charge in [-0.05, 0) is 56.3 Å². The summed E-state index contributed by atoms with van der Waals surface area (Å²) >= 11 is 1.52. The molecule has 0 spiro atoms. The van der Waals surface area contributed by atoms with E-state index in [1.54, 1.807) is 6.20 Å². The van der Waals surface area contributed by atoms with Crippen molar-refractivity contribution < 1.29 is 9.59 Å². The Bertz CT molecular complexity index is 760. The Morgan fingerprint density at radius 1 is 1.26 bits per heavy atom. The van der Waals surface area contributed by atoms with Crippen LogP contribution in [0, 0.1) is 0 Å². The Morgan fingerprint density at radius 3 is 2.67 bits per heavy atom. The third-order valence-corrected chi connectivity index (χ3v) is 6.36. The second-order valence-corrected chi connectivity index (χ2v) is 8.06. The molecule has 2 N–H and O–H groups in total. The largest absolute Gasteiger partial charge is 0.349 e. The number of nitrogens with one attached hydrogen (secondary N) is 2. The number of likely N-dealkylation sites (tertiary alicyclic amines) is 1. The minimum absolute atomic E-state index is 0.0209. The molecule has 0 bridgehead atoms. The first-order valence-corrected chi connectivity index (χ1v) is 10.5. The highest BCUT2D eigenvalue weighted by Gasteiger charge is 2.45. The standard InChI is InChI=1S/C19H25N5O2S/c25-17(15-4-13-27-14-15)22-16-2-11-23(12-3-16)18(26)19(5-8-20-9-6-19)24-10-1-7-21-24/h1,4,7,10,13-14,16,20H,2-3,5-6,8-9,11-12H2,(H,22,25). The van der Waals surface area contributed by atoms with Gasteiger partial charge in [0.25, 0.3) is 11.8 Å². The van der Waals surface area contributed by atoms with E-state index in [4.69, 9.17) is 0 Å². The number of amides is 2. The fourth-order valence-corrected chi connectivity index (χ4v) is 4.72. The van der Waals surface area contributed by atoms with Gasteiger partial charge < -0.3 is 15.5 Å². The molecular formula is C19H25N5O2S. The number of hydrogen-bond acceptors (Lipinski definition) is 5. The molecule has 2 fully saturated rings. The van der Waals surface area contributed by atoms with E-state index in [2.05, 4.69) is 15.7 Å². The van der Waals surface area contributed by atoms with Crippen LogP contribution in [0.3, 0.4) is 0 Å². The first-order chi connectivity index (χ1) is 13.2. The van der Waals surface area contributed by atoms with Gasteiger partial charge in [-0.15, -0.1) is 0 Å². The smallest absolute Gasteiger partial charge is 0.252 e. The van der Waals surface area contributed by atoms with Gasteiger partial charge in [-0.1, -0.05) is 0 Å². The van der Waals surface area contributed by atoms with Gasteiger partial charge in [0.2, 0.25) is 0 Å². The fraction of sp³-hybridized carbons (Fsp3) is 0.526. The lowest BCUT2D eigenvalue weighted by Crippen LogP contribution is -2.58. The Morgan fingerprint density at radius 2 is 2.04 bits per heavy atom. The molecule has 0 aromatic carbocycles. The van der Waals surface area contributed by atoms with Crippen molar-refractivity contribution in [2.75, 3.05) is 26.2 Å². The molecule has 2 saturated heterocycles. The molecule has 0 radical (unpaired) electrons. The van der Waals surface area contributed by atoms with E-state index in [0.717, 1.165) is 38.8 Å². The van der Waals surface area contributed by atoms with Crippen LogP contribution in [0.2, 0.25) is 0 Å². The molecule has 2 aliphatic heterocycles. The summed E-state index contributed by atoms with van der Waals surface area (Å²) in [5, 5.41) is 14.6. The highest BCUT2D eigenvalue weighted by molar-refractivity contribution is 7.08. The minimum atomic E-state index is -0.582. The summed E-state index contributed by atoms with van der Waals surface area (Å²) in [5.74, 6) is 0.141. The van der Waals surface area contributed by atoms with Crippen molar-refractivity contribution in [3.8, 4) is 0 Å². The van der Waals surface area contributed by atoms with E-state index in [9.17, 15) is 9.59 Å². The highest BCUT2D eigenvalue weighted by atomic mass is 32.1. The van der Waals surface area contributed by atoms with Crippen LogP contribution in [0.1, 0.15) is 36.0 Å². The SMILES string of the molecule is O=C(NC1CCN(C(=O)C2(n3cccn3)CCNCC2)CC1)c1ccsc1. The van der Waals surface area contributed by atoms with Gasteiger partial charge in [-0.2, -0.15) is 16.4 Å². The number of hydrogen-bond donors (Lipinski definition) is 2. The zero-order valence-electron chi connectivity index (χ0n) is 15.3. The Hall–Kier alpha value is -2.19. The van der Waals surface area contributed by atoms with Gasteiger partial charge in [-0.3, -0.25) is 14.3 Å². The van der Waals surface area contributed by atoms with Crippen molar-refractivity contribution in [2.24, 2.45) is 0 Å². The van der Waals surface area contributed by atoms with Crippen LogP contribution in [0.25, 0.3) is 0 Å². The number of rotatable bonds is 4. The maximum atomic E-state index is 13.4. The summed E-state index contributed by atoms with van der Waals surface area (Å²) in [6.07, 6.45) is 6.72. The molecule has 2 aromatic heterocycles. The lowest BCUT2D eigenvalue weighted by Gasteiger charge is -2.42. The zero-order valence-corrected chi connectivity index (χ0v) is 16.1. The van der Waals surface area contributed by atoms with Gasteiger partial charge in [-0.25, -0.2) is 0 Å². The predicted octanol–water partition coefficient (Wildman–Crippen LogP) is 1.44. The third kappa shape index (κ3) is 3.64. The Balaban J connectivity index is 1.39. The number of aromatic nitrogens is 2. The molecule has 144 valence electrons. The molecule has 7 nitrogen and oxygen atoms in total. The summed E-state index contributed by atoms with van der Waals surface area (Å²) in [6, 6.07) is 3.84. The number of carbonyl (C=O) groups is 2. The van der Waals surface area contributed by atoms with Gasteiger partial charge in [0, 0.05) is 42.5 Å². The van der Waals surface area contributed by atoms with E-state index >= 15 is 0 Å². The monoisotopic (exact) mass is 387 g/mol. The summed E-state index contributed by atoms with van der Waals surface area (Å²) in [4.78, 5) is 27.6. The molecule has 8 heteroatoms. The van der Waals surface area contributed by atoms with Crippen LogP contribution >= 0.6 is 11.3 Å². The summed E-state index contributed by atoms with van der Waals surface area (Å²) in [7, 11) is 0. The normalized spacial score (nSPS) is 20.4. The predicted molar refractivity (Wildman–Crippen MR) is 104 cm³/mol. The van der Waals surface area contributed by atoms with Crippen molar-refractivity contribution in [3.05, 3.63) is 40.8 Å². The Labute approximate surface area is 162 Å². The van der Waals surface area contributed by atoms with E-state index in [1.807, 2.05) is 38.7 Å². The van der Waals surface area contributed by atoms with E-state index < -0.39 is 5.54 Å². The van der Waals surface area contributed by atoms with Crippen molar-refractivity contribution in [2.45, 2.75) is 37.3 Å². The first kappa shape index (κ1) is 18.2. The average molecular weight is 388 g/mol. The number of piperidine rings is 2. The second kappa shape index (κ2) is 7.82. The van der Waals surface area contributed by atoms with Gasteiger partial charge >= 0.3 is 0 Å². The van der Waals surface area contributed by atoms with Crippen LogP contribution in [0.4, 0.5) is 0 Å². The van der Waals surface area contributed by atoms with E-state index in [1.165, 1.54) is 11.3 Å². The fourth-order valence-electron chi connectivity index (χ4n) is 4.09. The maximum Gasteiger partial charge on any atom is 0.252 e. The van der Waals surface area contributed by atoms with E-state index in [0.29, 0.717) is 18.7 Å². The van der Waals surface area contributed by atoms with Crippen LogP contribution < -0.4 is 10.6 Å². The molecule has 27 heavy (non-hydrogen) atoms. The first-order valence-electron chi connectivity index (χ1n) is 9.52. The van der Waals surface area contributed by atoms with E-state index in [-0.39, 0.29) is 17.9 Å². The summed E-state index contributed by atoms with van der Waals surface area (Å²) < 4.78 is 1.85. The van der Waals surface area contributed by atoms with Crippen LogP contribution in [0.15, 0.2) is 35.3 Å². The van der Waals surface area contributed by atoms with Gasteiger partial charge in [0.05, 0.1) is 0 Å². The molecule has 4 rings (SSSR count). The van der Waals surface area contributed by atoms with Crippen molar-refractivity contribution in [1.29, 1.82) is 0 Å². The molecule has 2 amide bonds. The number of nitrogens with zero attached hydrogens (tertiary/aromatic N) is 3. The lowest BCUT2D eigenvalue weighted by molar-refractivity contribution is -0.144. The molecule has 0 unspecified atom stereocenters. The minimum Gasteiger partial charge on any atom is -0.349 e. The molecule has 4 heterocycles. The molecule has 0 aliphatic carbocycles. The number of thiophene rings is 1. The summed E-state index contributed by atoms with van der Waals surface area (Å²) in [5.41, 5.74) is 0.132. The Kier molecular flexibility index (Phi) is 5.27. The topological polar surface area (TPSA) is 79.3 Å². The maximum absolute atomic E-state index is 13.4. The molecule has 0 saturated carbocycles. The average Bonchev–Trinajstić information content (AvgIpc) is 3.43. The van der Waals surface area contributed by atoms with Gasteiger partial charge in [0.15, 0.2) is 0 Å². The van der Waals surface area contributed by atoms with Gasteiger partial charge in [0.1, 0.15) is 5.54 Å². The summed E-state index contributed by atoms with van der Waals surface area (Å²) in [6.45, 7) is 2.98. The van der Waals surface area contributed by atoms with Crippen molar-refractivity contribution in [3.63, 3.8) is 0 Å². The lowest BCUT2D eigenvalue weighted by atomic mass is 9.86. The zero-order chi connectivity index (χ0) is 18.7. The van der Waals surface area contributed by atoms with Crippen molar-refractivity contribution in [1.82, 2.24) is 25.3 Å². The van der Waals surface area contributed by atoms with Crippen LogP contribution in [-0.2, 0) is 10.3 Å². The second-order valence-electron chi connectivity index (χ2n) is 7.28. The quantitative estimate of drug-likeness (QED) is 0.832. The molecule has 2 aliphatic rings. The van der Waals surface area contributed by atoms with Crippen LogP contribution in [-0.4, -0.2) is 58.7 Å². The van der Waals surface area contributed by atoms with Crippen LogP contribution in [0.5, 0.6) is 0 Å².